The van der Waals surface area contributed by atoms with Gasteiger partial charge in [-0.2, -0.15) is 4.98 Å². The van der Waals surface area contributed by atoms with Gasteiger partial charge in [-0.3, -0.25) is 0 Å². The normalized spacial score (nSPS) is 23.1. The molecule has 0 radical (unpaired) electrons. The van der Waals surface area contributed by atoms with E-state index in [-0.39, 0.29) is 0 Å². The predicted molar refractivity (Wildman–Crippen MR) is 72.9 cm³/mol. The second-order valence-corrected chi connectivity index (χ2v) is 5.27. The van der Waals surface area contributed by atoms with Crippen LogP contribution >= 0.6 is 0 Å². The Hall–Kier alpha value is -1.32. The average molecular weight is 249 g/mol. The van der Waals surface area contributed by atoms with Crippen molar-refractivity contribution in [3.63, 3.8) is 0 Å². The summed E-state index contributed by atoms with van der Waals surface area (Å²) in [6.45, 7) is 7.86. The standard InChI is InChI=1S/C14H23N3O/c1-4-18-13-8-11(3)16-14(17-13)15-9-12-6-5-10(2)7-12/h8,10,12H,4-7,9H2,1-3H3,(H,15,16,17). The Balaban J connectivity index is 1.92. The van der Waals surface area contributed by atoms with Gasteiger partial charge in [-0.05, 0) is 38.5 Å². The van der Waals surface area contributed by atoms with Gasteiger partial charge in [0.15, 0.2) is 0 Å². The van der Waals surface area contributed by atoms with Gasteiger partial charge in [0.25, 0.3) is 0 Å². The summed E-state index contributed by atoms with van der Waals surface area (Å²) in [5, 5.41) is 3.34. The second-order valence-electron chi connectivity index (χ2n) is 5.27. The van der Waals surface area contributed by atoms with E-state index < -0.39 is 0 Å². The van der Waals surface area contributed by atoms with Gasteiger partial charge in [-0.15, -0.1) is 0 Å². The van der Waals surface area contributed by atoms with Gasteiger partial charge in [0.1, 0.15) is 0 Å². The molecular formula is C14H23N3O. The molecule has 2 unspecified atom stereocenters. The van der Waals surface area contributed by atoms with E-state index in [0.29, 0.717) is 18.4 Å². The summed E-state index contributed by atoms with van der Waals surface area (Å²) in [7, 11) is 0. The predicted octanol–water partition coefficient (Wildman–Crippen LogP) is 3.03. The molecule has 1 fully saturated rings. The molecule has 1 N–H and O–H groups in total. The van der Waals surface area contributed by atoms with Crippen molar-refractivity contribution in [1.29, 1.82) is 0 Å². The van der Waals surface area contributed by atoms with Crippen molar-refractivity contribution in [3.05, 3.63) is 11.8 Å². The number of aryl methyl sites for hydroxylation is 1. The van der Waals surface area contributed by atoms with Crippen LogP contribution in [-0.2, 0) is 0 Å². The molecule has 4 nitrogen and oxygen atoms in total. The van der Waals surface area contributed by atoms with E-state index in [4.69, 9.17) is 4.74 Å². The quantitative estimate of drug-likeness (QED) is 0.871. The van der Waals surface area contributed by atoms with Crippen molar-refractivity contribution >= 4 is 5.95 Å². The fraction of sp³-hybridized carbons (Fsp3) is 0.714. The Morgan fingerprint density at radius 2 is 2.22 bits per heavy atom. The lowest BCUT2D eigenvalue weighted by atomic mass is 10.1. The Labute approximate surface area is 109 Å². The topological polar surface area (TPSA) is 47.0 Å². The van der Waals surface area contributed by atoms with Crippen LogP contribution in [0.25, 0.3) is 0 Å². The van der Waals surface area contributed by atoms with Gasteiger partial charge in [0.05, 0.1) is 6.61 Å². The lowest BCUT2D eigenvalue weighted by Gasteiger charge is -2.12. The van der Waals surface area contributed by atoms with Crippen LogP contribution in [0.1, 0.15) is 38.8 Å². The van der Waals surface area contributed by atoms with Crippen LogP contribution in [-0.4, -0.2) is 23.1 Å². The van der Waals surface area contributed by atoms with Gasteiger partial charge >= 0.3 is 0 Å². The number of hydrogen-bond donors (Lipinski definition) is 1. The van der Waals surface area contributed by atoms with Crippen molar-refractivity contribution in [2.75, 3.05) is 18.5 Å². The minimum Gasteiger partial charge on any atom is -0.478 e. The Bertz CT molecular complexity index is 395. The van der Waals surface area contributed by atoms with E-state index in [2.05, 4.69) is 22.2 Å². The highest BCUT2D eigenvalue weighted by Crippen LogP contribution is 2.30. The van der Waals surface area contributed by atoms with Crippen LogP contribution in [0.4, 0.5) is 5.95 Å². The molecule has 0 aliphatic heterocycles. The first kappa shape index (κ1) is 13.1. The zero-order valence-corrected chi connectivity index (χ0v) is 11.6. The first-order valence-electron chi connectivity index (χ1n) is 6.89. The summed E-state index contributed by atoms with van der Waals surface area (Å²) in [6.07, 6.45) is 3.99. The highest BCUT2D eigenvalue weighted by Gasteiger charge is 2.21. The molecule has 1 heterocycles. The molecule has 0 spiro atoms. The third-order valence-corrected chi connectivity index (χ3v) is 3.48. The van der Waals surface area contributed by atoms with Gasteiger partial charge in [-0.25, -0.2) is 4.98 Å². The van der Waals surface area contributed by atoms with E-state index in [1.54, 1.807) is 0 Å². The van der Waals surface area contributed by atoms with Crippen LogP contribution in [0.3, 0.4) is 0 Å². The van der Waals surface area contributed by atoms with Gasteiger partial charge in [-0.1, -0.05) is 13.3 Å². The number of rotatable bonds is 5. The van der Waals surface area contributed by atoms with E-state index in [0.717, 1.165) is 24.1 Å². The maximum atomic E-state index is 5.43. The highest BCUT2D eigenvalue weighted by atomic mass is 16.5. The summed E-state index contributed by atoms with van der Waals surface area (Å²) in [5.74, 6) is 2.99. The summed E-state index contributed by atoms with van der Waals surface area (Å²) in [6, 6.07) is 1.87. The van der Waals surface area contributed by atoms with Crippen molar-refractivity contribution in [1.82, 2.24) is 9.97 Å². The largest absolute Gasteiger partial charge is 0.478 e. The second kappa shape index (κ2) is 6.03. The lowest BCUT2D eigenvalue weighted by molar-refractivity contribution is 0.326. The first-order valence-corrected chi connectivity index (χ1v) is 6.89. The molecule has 2 rings (SSSR count). The summed E-state index contributed by atoms with van der Waals surface area (Å²) in [5.41, 5.74) is 0.940. The van der Waals surface area contributed by atoms with Crippen molar-refractivity contribution in [2.24, 2.45) is 11.8 Å². The number of nitrogens with one attached hydrogen (secondary N) is 1. The summed E-state index contributed by atoms with van der Waals surface area (Å²) < 4.78 is 5.43. The molecule has 0 bridgehead atoms. The minimum atomic E-state index is 0.635. The number of anilines is 1. The van der Waals surface area contributed by atoms with Gasteiger partial charge in [0, 0.05) is 18.3 Å². The highest BCUT2D eigenvalue weighted by molar-refractivity contribution is 5.30. The molecule has 1 aliphatic carbocycles. The minimum absolute atomic E-state index is 0.635. The molecule has 1 saturated carbocycles. The van der Waals surface area contributed by atoms with Crippen LogP contribution in [0.15, 0.2) is 6.07 Å². The zero-order valence-electron chi connectivity index (χ0n) is 11.6. The van der Waals surface area contributed by atoms with Crippen molar-refractivity contribution < 1.29 is 4.74 Å². The average Bonchev–Trinajstić information content (AvgIpc) is 2.72. The molecule has 1 aliphatic rings. The van der Waals surface area contributed by atoms with Crippen molar-refractivity contribution in [3.8, 4) is 5.88 Å². The van der Waals surface area contributed by atoms with E-state index >= 15 is 0 Å². The SMILES string of the molecule is CCOc1cc(C)nc(NCC2CCC(C)C2)n1. The fourth-order valence-electron chi connectivity index (χ4n) is 2.59. The molecule has 2 atom stereocenters. The third kappa shape index (κ3) is 3.59. The molecule has 0 aromatic carbocycles. The van der Waals surface area contributed by atoms with Crippen LogP contribution < -0.4 is 10.1 Å². The molecule has 18 heavy (non-hydrogen) atoms. The maximum absolute atomic E-state index is 5.43. The van der Waals surface area contributed by atoms with Crippen LogP contribution in [0.5, 0.6) is 5.88 Å². The Morgan fingerprint density at radius 3 is 2.89 bits per heavy atom. The lowest BCUT2D eigenvalue weighted by Crippen LogP contribution is -2.14. The molecular weight excluding hydrogens is 226 g/mol. The fourth-order valence-corrected chi connectivity index (χ4v) is 2.59. The van der Waals surface area contributed by atoms with Gasteiger partial charge < -0.3 is 10.1 Å². The number of hydrogen-bond acceptors (Lipinski definition) is 4. The Kier molecular flexibility index (Phi) is 4.39. The van der Waals surface area contributed by atoms with Crippen LogP contribution in [0, 0.1) is 18.8 Å². The Morgan fingerprint density at radius 1 is 1.39 bits per heavy atom. The number of nitrogens with zero attached hydrogens (tertiary/aromatic N) is 2. The number of aromatic nitrogens is 2. The van der Waals surface area contributed by atoms with E-state index in [9.17, 15) is 0 Å². The summed E-state index contributed by atoms with van der Waals surface area (Å²) in [4.78, 5) is 8.75. The first-order chi connectivity index (χ1) is 8.67. The number of ether oxygens (including phenoxy) is 1. The van der Waals surface area contributed by atoms with Crippen LogP contribution in [0.2, 0.25) is 0 Å². The molecule has 4 heteroatoms. The van der Waals surface area contributed by atoms with Crippen molar-refractivity contribution in [2.45, 2.75) is 40.0 Å². The maximum Gasteiger partial charge on any atom is 0.226 e. The smallest absolute Gasteiger partial charge is 0.226 e. The zero-order chi connectivity index (χ0) is 13.0. The molecule has 1 aromatic rings. The molecule has 0 amide bonds. The van der Waals surface area contributed by atoms with E-state index in [1.165, 1.54) is 19.3 Å². The van der Waals surface area contributed by atoms with E-state index in [1.807, 2.05) is 19.9 Å². The summed E-state index contributed by atoms with van der Waals surface area (Å²) >= 11 is 0. The molecule has 100 valence electrons. The van der Waals surface area contributed by atoms with Gasteiger partial charge in [0.2, 0.25) is 11.8 Å². The third-order valence-electron chi connectivity index (χ3n) is 3.48. The molecule has 0 saturated heterocycles. The monoisotopic (exact) mass is 249 g/mol. The molecule has 1 aromatic heterocycles.